The van der Waals surface area contributed by atoms with Crippen LogP contribution in [0.4, 0.5) is 10.5 Å². The Morgan fingerprint density at radius 1 is 1.07 bits per heavy atom. The van der Waals surface area contributed by atoms with E-state index in [0.29, 0.717) is 48.0 Å². The number of piperazine rings is 2. The zero-order valence-corrected chi connectivity index (χ0v) is 17.8. The van der Waals surface area contributed by atoms with E-state index in [4.69, 9.17) is 23.2 Å². The molecule has 2 aliphatic rings. The van der Waals surface area contributed by atoms with Crippen molar-refractivity contribution < 1.29 is 9.59 Å². The number of benzene rings is 1. The highest BCUT2D eigenvalue weighted by Crippen LogP contribution is 2.25. The van der Waals surface area contributed by atoms with Crippen LogP contribution in [0.5, 0.6) is 0 Å². The SMILES string of the molecule is CC(C)N1CCNC(C(=O)N2CCN(C(=O)Nc3ccc(Cl)c(Cl)c3)CC2)C1. The summed E-state index contributed by atoms with van der Waals surface area (Å²) in [6.45, 7) is 8.88. The van der Waals surface area contributed by atoms with Crippen molar-refractivity contribution >= 4 is 40.8 Å². The molecule has 0 radical (unpaired) electrons. The number of nitrogens with zero attached hydrogens (tertiary/aromatic N) is 3. The lowest BCUT2D eigenvalue weighted by Gasteiger charge is -2.40. The zero-order valence-electron chi connectivity index (χ0n) is 16.3. The van der Waals surface area contributed by atoms with Crippen molar-refractivity contribution in [3.8, 4) is 0 Å². The van der Waals surface area contributed by atoms with Crippen LogP contribution < -0.4 is 10.6 Å². The fourth-order valence-corrected chi connectivity index (χ4v) is 3.83. The van der Waals surface area contributed by atoms with Gasteiger partial charge in [-0.15, -0.1) is 0 Å². The second-order valence-corrected chi connectivity index (χ2v) is 8.28. The highest BCUT2D eigenvalue weighted by atomic mass is 35.5. The molecule has 28 heavy (non-hydrogen) atoms. The van der Waals surface area contributed by atoms with Gasteiger partial charge in [0, 0.05) is 57.5 Å². The van der Waals surface area contributed by atoms with Crippen molar-refractivity contribution in [2.45, 2.75) is 25.9 Å². The van der Waals surface area contributed by atoms with E-state index in [0.717, 1.165) is 19.6 Å². The van der Waals surface area contributed by atoms with E-state index < -0.39 is 0 Å². The highest BCUT2D eigenvalue weighted by molar-refractivity contribution is 6.42. The number of hydrogen-bond donors (Lipinski definition) is 2. The van der Waals surface area contributed by atoms with Crippen molar-refractivity contribution in [3.63, 3.8) is 0 Å². The number of halogens is 2. The molecule has 7 nitrogen and oxygen atoms in total. The van der Waals surface area contributed by atoms with Crippen LogP contribution in [0.2, 0.25) is 10.0 Å². The predicted octanol–water partition coefficient (Wildman–Crippen LogP) is 2.35. The molecule has 1 aromatic carbocycles. The molecule has 2 aliphatic heterocycles. The average Bonchev–Trinajstić information content (AvgIpc) is 2.70. The van der Waals surface area contributed by atoms with Gasteiger partial charge in [-0.2, -0.15) is 0 Å². The Balaban J connectivity index is 1.50. The molecule has 2 heterocycles. The molecule has 154 valence electrons. The zero-order chi connectivity index (χ0) is 20.3. The molecule has 2 fully saturated rings. The number of rotatable bonds is 3. The van der Waals surface area contributed by atoms with E-state index in [1.54, 1.807) is 23.1 Å². The van der Waals surface area contributed by atoms with E-state index in [2.05, 4.69) is 29.4 Å². The molecular weight excluding hydrogens is 401 g/mol. The number of hydrogen-bond acceptors (Lipinski definition) is 4. The summed E-state index contributed by atoms with van der Waals surface area (Å²) >= 11 is 11.9. The highest BCUT2D eigenvalue weighted by Gasteiger charge is 2.32. The molecule has 3 rings (SSSR count). The largest absolute Gasteiger partial charge is 0.338 e. The first kappa shape index (κ1) is 21.2. The van der Waals surface area contributed by atoms with Crippen LogP contribution in [-0.4, -0.2) is 84.5 Å². The Bertz CT molecular complexity index is 722. The van der Waals surface area contributed by atoms with E-state index in [1.165, 1.54) is 0 Å². The number of urea groups is 1. The second kappa shape index (κ2) is 9.31. The summed E-state index contributed by atoms with van der Waals surface area (Å²) in [5.74, 6) is 0.120. The summed E-state index contributed by atoms with van der Waals surface area (Å²) in [6, 6.07) is 5.03. The quantitative estimate of drug-likeness (QED) is 0.776. The van der Waals surface area contributed by atoms with Gasteiger partial charge in [-0.25, -0.2) is 4.79 Å². The lowest BCUT2D eigenvalue weighted by atomic mass is 10.1. The van der Waals surface area contributed by atoms with Crippen molar-refractivity contribution in [2.24, 2.45) is 0 Å². The predicted molar refractivity (Wildman–Crippen MR) is 112 cm³/mol. The van der Waals surface area contributed by atoms with Gasteiger partial charge in [0.15, 0.2) is 0 Å². The third kappa shape index (κ3) is 5.08. The molecule has 1 aromatic rings. The van der Waals surface area contributed by atoms with E-state index in [9.17, 15) is 9.59 Å². The molecule has 9 heteroatoms. The Hall–Kier alpha value is -1.54. The maximum Gasteiger partial charge on any atom is 0.321 e. The van der Waals surface area contributed by atoms with Crippen molar-refractivity contribution in [1.82, 2.24) is 20.0 Å². The third-order valence-corrected chi connectivity index (χ3v) is 6.02. The van der Waals surface area contributed by atoms with Gasteiger partial charge in [-0.3, -0.25) is 9.69 Å². The molecule has 0 aromatic heterocycles. The Kier molecular flexibility index (Phi) is 7.04. The monoisotopic (exact) mass is 427 g/mol. The van der Waals surface area contributed by atoms with Gasteiger partial charge < -0.3 is 20.4 Å². The van der Waals surface area contributed by atoms with Gasteiger partial charge in [0.1, 0.15) is 0 Å². The maximum absolute atomic E-state index is 12.8. The van der Waals surface area contributed by atoms with Crippen LogP contribution in [0.15, 0.2) is 18.2 Å². The Labute approximate surface area is 175 Å². The lowest BCUT2D eigenvalue weighted by Crippen LogP contribution is -2.61. The fraction of sp³-hybridized carbons (Fsp3) is 0.579. The number of nitrogens with one attached hydrogen (secondary N) is 2. The van der Waals surface area contributed by atoms with Crippen LogP contribution in [0, 0.1) is 0 Å². The molecule has 1 atom stereocenters. The Morgan fingerprint density at radius 2 is 1.75 bits per heavy atom. The number of carbonyl (C=O) groups excluding carboxylic acids is 2. The first-order valence-corrected chi connectivity index (χ1v) is 10.4. The molecule has 0 saturated carbocycles. The van der Waals surface area contributed by atoms with Gasteiger partial charge in [-0.05, 0) is 32.0 Å². The van der Waals surface area contributed by atoms with Crippen molar-refractivity contribution in [2.75, 3.05) is 51.1 Å². The summed E-state index contributed by atoms with van der Waals surface area (Å²) < 4.78 is 0. The van der Waals surface area contributed by atoms with Gasteiger partial charge in [0.05, 0.1) is 16.1 Å². The summed E-state index contributed by atoms with van der Waals surface area (Å²) in [4.78, 5) is 31.2. The molecule has 2 N–H and O–H groups in total. The standard InChI is InChI=1S/C19H27Cl2N5O2/c1-13(2)26-6-5-22-17(12-26)18(27)24-7-9-25(10-8-24)19(28)23-14-3-4-15(20)16(21)11-14/h3-4,11,13,17,22H,5-10,12H2,1-2H3,(H,23,28). The van der Waals surface area contributed by atoms with Crippen LogP contribution in [-0.2, 0) is 4.79 Å². The van der Waals surface area contributed by atoms with E-state index in [-0.39, 0.29) is 18.0 Å². The molecular formula is C19H27Cl2N5O2. The topological polar surface area (TPSA) is 67.9 Å². The smallest absolute Gasteiger partial charge is 0.321 e. The molecule has 0 spiro atoms. The van der Waals surface area contributed by atoms with Crippen molar-refractivity contribution in [1.29, 1.82) is 0 Å². The average molecular weight is 428 g/mol. The normalized spacial score (nSPS) is 21.1. The minimum absolute atomic E-state index is 0.120. The van der Waals surface area contributed by atoms with Crippen LogP contribution in [0.3, 0.4) is 0 Å². The first-order chi connectivity index (χ1) is 13.3. The lowest BCUT2D eigenvalue weighted by molar-refractivity contribution is -0.136. The number of carbonyl (C=O) groups is 2. The molecule has 3 amide bonds. The minimum Gasteiger partial charge on any atom is -0.338 e. The van der Waals surface area contributed by atoms with Gasteiger partial charge in [-0.1, -0.05) is 23.2 Å². The van der Waals surface area contributed by atoms with Crippen LogP contribution in [0.1, 0.15) is 13.8 Å². The molecule has 0 aliphatic carbocycles. The second-order valence-electron chi connectivity index (χ2n) is 7.47. The summed E-state index contributed by atoms with van der Waals surface area (Å²) in [7, 11) is 0. The van der Waals surface area contributed by atoms with E-state index >= 15 is 0 Å². The Morgan fingerprint density at radius 3 is 2.39 bits per heavy atom. The summed E-state index contributed by atoms with van der Waals surface area (Å²) in [5, 5.41) is 6.99. The van der Waals surface area contributed by atoms with Crippen molar-refractivity contribution in [3.05, 3.63) is 28.2 Å². The summed E-state index contributed by atoms with van der Waals surface area (Å²) in [6.07, 6.45) is 0. The van der Waals surface area contributed by atoms with E-state index in [1.807, 2.05) is 4.90 Å². The maximum atomic E-state index is 12.8. The fourth-order valence-electron chi connectivity index (χ4n) is 3.53. The molecule has 0 bridgehead atoms. The van der Waals surface area contributed by atoms with Gasteiger partial charge in [0.25, 0.3) is 0 Å². The van der Waals surface area contributed by atoms with Crippen LogP contribution in [0.25, 0.3) is 0 Å². The van der Waals surface area contributed by atoms with Gasteiger partial charge >= 0.3 is 6.03 Å². The van der Waals surface area contributed by atoms with Crippen LogP contribution >= 0.6 is 23.2 Å². The first-order valence-electron chi connectivity index (χ1n) is 9.62. The number of amides is 3. The minimum atomic E-state index is -0.202. The van der Waals surface area contributed by atoms with Gasteiger partial charge in [0.2, 0.25) is 5.91 Å². The summed E-state index contributed by atoms with van der Waals surface area (Å²) in [5.41, 5.74) is 0.595. The number of anilines is 1. The molecule has 1 unspecified atom stereocenters. The molecule has 2 saturated heterocycles. The third-order valence-electron chi connectivity index (χ3n) is 5.28.